The van der Waals surface area contributed by atoms with E-state index in [9.17, 15) is 19.4 Å². The van der Waals surface area contributed by atoms with E-state index in [1.165, 1.54) is 212 Å². The second-order valence-corrected chi connectivity index (χ2v) is 21.4. The van der Waals surface area contributed by atoms with Crippen molar-refractivity contribution in [1.29, 1.82) is 0 Å². The monoisotopic (exact) mass is 899 g/mol. The molecule has 3 unspecified atom stereocenters. The molecule has 8 nitrogen and oxygen atoms in total. The highest BCUT2D eigenvalue weighted by molar-refractivity contribution is 7.45. The quantitative estimate of drug-likeness (QED) is 0.0272. The Hall–Kier alpha value is -0.760. The first kappa shape index (κ1) is 61.2. The van der Waals surface area contributed by atoms with Crippen molar-refractivity contribution in [1.82, 2.24) is 5.32 Å². The van der Waals surface area contributed by atoms with Crippen molar-refractivity contribution in [3.05, 3.63) is 12.2 Å². The Balaban J connectivity index is 4.18. The number of amides is 1. The number of phosphoric ester groups is 1. The molecular weight excluding hydrogens is 792 g/mol. The number of unbranched alkanes of at least 4 members (excludes halogenated alkanes) is 37. The number of phosphoric acid groups is 1. The molecule has 1 amide bonds. The second-order valence-electron chi connectivity index (χ2n) is 19.9. The highest BCUT2D eigenvalue weighted by atomic mass is 31.2. The third-order valence-corrected chi connectivity index (χ3v) is 13.5. The van der Waals surface area contributed by atoms with Gasteiger partial charge in [-0.3, -0.25) is 9.36 Å². The van der Waals surface area contributed by atoms with Gasteiger partial charge in [0.15, 0.2) is 0 Å². The van der Waals surface area contributed by atoms with Crippen LogP contribution in [0.15, 0.2) is 12.2 Å². The molecule has 0 saturated heterocycles. The van der Waals surface area contributed by atoms with Gasteiger partial charge in [0.05, 0.1) is 39.9 Å². The predicted octanol–water partition coefficient (Wildman–Crippen LogP) is 15.2. The zero-order valence-corrected chi connectivity index (χ0v) is 43.0. The summed E-state index contributed by atoms with van der Waals surface area (Å²) in [5.41, 5.74) is 0. The fourth-order valence-corrected chi connectivity index (χ4v) is 8.94. The zero-order valence-electron chi connectivity index (χ0n) is 42.1. The lowest BCUT2D eigenvalue weighted by Gasteiger charge is -2.29. The third kappa shape index (κ3) is 47.2. The first-order valence-electron chi connectivity index (χ1n) is 27.1. The number of hydrogen-bond donors (Lipinski definition) is 2. The number of rotatable bonds is 50. The van der Waals surface area contributed by atoms with E-state index in [0.717, 1.165) is 38.5 Å². The summed E-state index contributed by atoms with van der Waals surface area (Å²) < 4.78 is 23.3. The molecule has 0 saturated carbocycles. The largest absolute Gasteiger partial charge is 0.756 e. The van der Waals surface area contributed by atoms with Gasteiger partial charge in [0, 0.05) is 6.42 Å². The van der Waals surface area contributed by atoms with Gasteiger partial charge in [-0.1, -0.05) is 257 Å². The summed E-state index contributed by atoms with van der Waals surface area (Å²) in [6, 6.07) is -0.881. The molecule has 0 rings (SSSR count). The smallest absolute Gasteiger partial charge is 0.268 e. The van der Waals surface area contributed by atoms with Crippen LogP contribution in [0.2, 0.25) is 0 Å². The maximum absolute atomic E-state index is 12.9. The third-order valence-electron chi connectivity index (χ3n) is 12.5. The van der Waals surface area contributed by atoms with E-state index in [-0.39, 0.29) is 19.1 Å². The van der Waals surface area contributed by atoms with Crippen LogP contribution in [-0.2, 0) is 18.4 Å². The predicted molar refractivity (Wildman–Crippen MR) is 266 cm³/mol. The van der Waals surface area contributed by atoms with Crippen molar-refractivity contribution >= 4 is 13.7 Å². The van der Waals surface area contributed by atoms with Crippen LogP contribution in [0.4, 0.5) is 0 Å². The molecule has 2 N–H and O–H groups in total. The minimum absolute atomic E-state index is 0.00250. The van der Waals surface area contributed by atoms with E-state index in [1.54, 1.807) is 6.08 Å². The van der Waals surface area contributed by atoms with Crippen molar-refractivity contribution in [3.8, 4) is 0 Å². The lowest BCUT2D eigenvalue weighted by molar-refractivity contribution is -0.870. The molecule has 0 aliphatic rings. The van der Waals surface area contributed by atoms with Crippen LogP contribution in [0, 0.1) is 0 Å². The lowest BCUT2D eigenvalue weighted by atomic mass is 10.0. The molecule has 0 fully saturated rings. The molecule has 0 aromatic rings. The van der Waals surface area contributed by atoms with Crippen LogP contribution in [-0.4, -0.2) is 68.5 Å². The molecule has 0 radical (unpaired) electrons. The molecule has 0 spiro atoms. The van der Waals surface area contributed by atoms with E-state index in [1.807, 2.05) is 27.2 Å². The lowest BCUT2D eigenvalue weighted by Crippen LogP contribution is -2.45. The molecule has 62 heavy (non-hydrogen) atoms. The van der Waals surface area contributed by atoms with E-state index in [2.05, 4.69) is 19.2 Å². The highest BCUT2D eigenvalue weighted by Crippen LogP contribution is 2.38. The SMILES string of the molecule is CCCCCCCCCCCCCCCC/C=C/C(O)C(COP(=O)([O-])OCC[N+](C)(C)C)NC(=O)CCCCCCCCCCCCCCCCCCCCCCCCCC. The van der Waals surface area contributed by atoms with E-state index in [0.29, 0.717) is 17.4 Å². The summed E-state index contributed by atoms with van der Waals surface area (Å²) in [4.78, 5) is 25.4. The van der Waals surface area contributed by atoms with Crippen LogP contribution < -0.4 is 10.2 Å². The van der Waals surface area contributed by atoms with Gasteiger partial charge >= 0.3 is 0 Å². The Labute approximate surface area is 386 Å². The standard InChI is InChI=1S/C53H107N2O6P/c1-6-8-10-12-14-16-18-20-22-24-25-26-27-28-29-30-31-33-35-37-39-41-43-45-47-53(57)54-51(50-61-62(58,59)60-49-48-55(3,4)5)52(56)46-44-42-40-38-36-34-32-23-21-19-17-15-13-11-9-7-2/h44,46,51-52,56H,6-43,45,47-50H2,1-5H3,(H-,54,57,58,59)/b46-44+. The van der Waals surface area contributed by atoms with Gasteiger partial charge in [-0.25, -0.2) is 0 Å². The summed E-state index contributed by atoms with van der Waals surface area (Å²) >= 11 is 0. The van der Waals surface area contributed by atoms with Gasteiger partial charge in [-0.05, 0) is 19.3 Å². The molecular formula is C53H107N2O6P. The fourth-order valence-electron chi connectivity index (χ4n) is 8.21. The number of aliphatic hydroxyl groups excluding tert-OH is 1. The number of carbonyl (C=O) groups excluding carboxylic acids is 1. The molecule has 0 aromatic heterocycles. The molecule has 370 valence electrons. The number of aliphatic hydroxyl groups is 1. The molecule has 0 heterocycles. The minimum Gasteiger partial charge on any atom is -0.756 e. The Morgan fingerprint density at radius 1 is 0.548 bits per heavy atom. The normalized spacial score (nSPS) is 14.1. The van der Waals surface area contributed by atoms with Crippen LogP contribution in [0.5, 0.6) is 0 Å². The molecule has 0 aliphatic heterocycles. The average molecular weight is 899 g/mol. The molecule has 0 aliphatic carbocycles. The zero-order chi connectivity index (χ0) is 45.7. The van der Waals surface area contributed by atoms with Crippen LogP contribution in [0.3, 0.4) is 0 Å². The maximum atomic E-state index is 12.9. The van der Waals surface area contributed by atoms with Crippen molar-refractivity contribution in [3.63, 3.8) is 0 Å². The van der Waals surface area contributed by atoms with Crippen LogP contribution in [0.25, 0.3) is 0 Å². The summed E-state index contributed by atoms with van der Waals surface area (Å²) in [6.45, 7) is 4.69. The van der Waals surface area contributed by atoms with Crippen molar-refractivity contribution in [2.75, 3.05) is 40.9 Å². The Bertz CT molecular complexity index is 1020. The molecule has 9 heteroatoms. The van der Waals surface area contributed by atoms with E-state index < -0.39 is 20.0 Å². The number of hydrogen-bond acceptors (Lipinski definition) is 6. The number of quaternary nitrogens is 1. The number of likely N-dealkylation sites (N-methyl/N-ethyl adjacent to an activating group) is 1. The summed E-state index contributed by atoms with van der Waals surface area (Å²) in [5, 5.41) is 13.9. The number of carbonyl (C=O) groups is 1. The average Bonchev–Trinajstić information content (AvgIpc) is 3.23. The topological polar surface area (TPSA) is 108 Å². The molecule has 0 aromatic carbocycles. The number of nitrogens with zero attached hydrogens (tertiary/aromatic N) is 1. The molecule has 0 bridgehead atoms. The van der Waals surface area contributed by atoms with Gasteiger partial charge in [-0.15, -0.1) is 0 Å². The van der Waals surface area contributed by atoms with Gasteiger partial charge in [0.1, 0.15) is 13.2 Å². The summed E-state index contributed by atoms with van der Waals surface area (Å²) in [7, 11) is 1.28. The van der Waals surface area contributed by atoms with Crippen molar-refractivity contribution < 1.29 is 32.9 Å². The summed E-state index contributed by atoms with van der Waals surface area (Å²) in [5.74, 6) is -0.191. The molecule has 3 atom stereocenters. The van der Waals surface area contributed by atoms with E-state index >= 15 is 0 Å². The first-order chi connectivity index (χ1) is 30.0. The number of allylic oxidation sites excluding steroid dienone is 1. The Morgan fingerprint density at radius 2 is 0.871 bits per heavy atom. The van der Waals surface area contributed by atoms with Gasteiger partial charge in [0.2, 0.25) is 5.91 Å². The second kappa shape index (κ2) is 45.4. The van der Waals surface area contributed by atoms with E-state index in [4.69, 9.17) is 9.05 Å². The minimum atomic E-state index is -4.59. The number of nitrogens with one attached hydrogen (secondary N) is 1. The van der Waals surface area contributed by atoms with Crippen LogP contribution >= 0.6 is 7.82 Å². The fraction of sp³-hybridized carbons (Fsp3) is 0.943. The Morgan fingerprint density at radius 3 is 1.21 bits per heavy atom. The highest BCUT2D eigenvalue weighted by Gasteiger charge is 2.23. The van der Waals surface area contributed by atoms with Gasteiger partial charge in [0.25, 0.3) is 7.82 Å². The summed E-state index contributed by atoms with van der Waals surface area (Å²) in [6.07, 6.45) is 54.2. The van der Waals surface area contributed by atoms with Crippen molar-refractivity contribution in [2.24, 2.45) is 0 Å². The van der Waals surface area contributed by atoms with Gasteiger partial charge in [-0.2, -0.15) is 0 Å². The maximum Gasteiger partial charge on any atom is 0.268 e. The Kier molecular flexibility index (Phi) is 44.8. The first-order valence-corrected chi connectivity index (χ1v) is 28.5. The van der Waals surface area contributed by atoms with Crippen molar-refractivity contribution in [2.45, 2.75) is 283 Å². The van der Waals surface area contributed by atoms with Gasteiger partial charge < -0.3 is 28.8 Å². The van der Waals surface area contributed by atoms with Crippen LogP contribution in [0.1, 0.15) is 271 Å².